The van der Waals surface area contributed by atoms with E-state index in [0.29, 0.717) is 25.3 Å². The predicted molar refractivity (Wildman–Crippen MR) is 136 cm³/mol. The van der Waals surface area contributed by atoms with E-state index in [0.717, 1.165) is 46.9 Å². The van der Waals surface area contributed by atoms with Crippen molar-refractivity contribution in [2.45, 2.75) is 38.4 Å². The zero-order valence-corrected chi connectivity index (χ0v) is 20.3. The number of amides is 1. The van der Waals surface area contributed by atoms with Crippen molar-refractivity contribution < 1.29 is 4.79 Å². The van der Waals surface area contributed by atoms with Gasteiger partial charge in [-0.2, -0.15) is 0 Å². The zero-order chi connectivity index (χ0) is 23.3. The number of aromatic amines is 1. The largest absolute Gasteiger partial charge is 0.368 e. The van der Waals surface area contributed by atoms with Gasteiger partial charge in [-0.05, 0) is 37.5 Å². The molecule has 0 saturated heterocycles. The standard InChI is InChI=1S/C26H28N6OS/c1-26(9-7-20-22(13-26)31(2)12-10-27-20)29-14-23-24(28-16-34-23)25(33)32-11-8-18-17-5-3-4-6-19(17)30-21(18)15-32/h3-7,10,13,16,29-30H,8-9,11-12,14-15H2,1-2H3. The number of nitrogens with zero attached hydrogens (tertiary/aromatic N) is 4. The summed E-state index contributed by atoms with van der Waals surface area (Å²) in [7, 11) is 2.09. The van der Waals surface area contributed by atoms with Crippen molar-refractivity contribution in [2.75, 3.05) is 20.1 Å². The number of aliphatic imine (C=N–C) groups is 1. The highest BCUT2D eigenvalue weighted by atomic mass is 32.1. The van der Waals surface area contributed by atoms with Crippen molar-refractivity contribution in [3.05, 3.63) is 75.2 Å². The molecule has 2 aromatic heterocycles. The second-order valence-corrected chi connectivity index (χ2v) is 10.5. The van der Waals surface area contributed by atoms with E-state index in [1.807, 2.05) is 17.2 Å². The topological polar surface area (TPSA) is 76.6 Å². The highest BCUT2D eigenvalue weighted by Crippen LogP contribution is 2.31. The molecule has 174 valence electrons. The number of para-hydroxylation sites is 1. The number of hydrogen-bond acceptors (Lipinski definition) is 6. The average Bonchev–Trinajstić information content (AvgIpc) is 3.47. The summed E-state index contributed by atoms with van der Waals surface area (Å²) in [6, 6.07) is 8.37. The van der Waals surface area contributed by atoms with E-state index in [1.54, 1.807) is 16.8 Å². The molecule has 3 aliphatic rings. The summed E-state index contributed by atoms with van der Waals surface area (Å²) in [4.78, 5) is 31.1. The molecular formula is C26H28N6OS. The summed E-state index contributed by atoms with van der Waals surface area (Å²) in [6.45, 7) is 4.93. The number of aromatic nitrogens is 2. The quantitative estimate of drug-likeness (QED) is 0.605. The maximum absolute atomic E-state index is 13.5. The molecule has 2 aliphatic heterocycles. The summed E-state index contributed by atoms with van der Waals surface area (Å²) in [5.74, 6) is 0.0121. The zero-order valence-electron chi connectivity index (χ0n) is 19.5. The number of likely N-dealkylation sites (N-methyl/N-ethyl adjacent to an activating group) is 1. The van der Waals surface area contributed by atoms with Crippen LogP contribution in [0.2, 0.25) is 0 Å². The second-order valence-electron chi connectivity index (χ2n) is 9.51. The smallest absolute Gasteiger partial charge is 0.274 e. The minimum Gasteiger partial charge on any atom is -0.368 e. The van der Waals surface area contributed by atoms with Crippen molar-refractivity contribution in [1.82, 2.24) is 25.1 Å². The van der Waals surface area contributed by atoms with Gasteiger partial charge in [0.15, 0.2) is 0 Å². The van der Waals surface area contributed by atoms with Crippen LogP contribution in [0.15, 0.2) is 58.3 Å². The molecule has 1 aromatic carbocycles. The van der Waals surface area contributed by atoms with Crippen LogP contribution in [-0.2, 0) is 19.5 Å². The summed E-state index contributed by atoms with van der Waals surface area (Å²) >= 11 is 1.54. The maximum Gasteiger partial charge on any atom is 0.274 e. The van der Waals surface area contributed by atoms with E-state index in [1.165, 1.54) is 10.9 Å². The molecule has 3 aromatic rings. The Morgan fingerprint density at radius 1 is 1.32 bits per heavy atom. The fraction of sp³-hybridized carbons (Fsp3) is 0.346. The molecule has 6 rings (SSSR count). The predicted octanol–water partition coefficient (Wildman–Crippen LogP) is 3.86. The Balaban J connectivity index is 1.17. The van der Waals surface area contributed by atoms with Crippen LogP contribution in [0.5, 0.6) is 0 Å². The summed E-state index contributed by atoms with van der Waals surface area (Å²) in [5.41, 5.74) is 7.97. The molecule has 0 radical (unpaired) electrons. The molecule has 1 atom stereocenters. The number of carbonyl (C=O) groups is 1. The van der Waals surface area contributed by atoms with Crippen LogP contribution >= 0.6 is 11.3 Å². The lowest BCUT2D eigenvalue weighted by atomic mass is 9.90. The van der Waals surface area contributed by atoms with Crippen molar-refractivity contribution in [2.24, 2.45) is 4.99 Å². The van der Waals surface area contributed by atoms with Crippen LogP contribution in [-0.4, -0.2) is 57.6 Å². The van der Waals surface area contributed by atoms with E-state index in [4.69, 9.17) is 0 Å². The van der Waals surface area contributed by atoms with Gasteiger partial charge in [0.05, 0.1) is 34.9 Å². The Bertz CT molecular complexity index is 1360. The Morgan fingerprint density at radius 3 is 3.12 bits per heavy atom. The highest BCUT2D eigenvalue weighted by Gasteiger charge is 2.31. The van der Waals surface area contributed by atoms with Gasteiger partial charge in [0.2, 0.25) is 0 Å². The van der Waals surface area contributed by atoms with Gasteiger partial charge >= 0.3 is 0 Å². The van der Waals surface area contributed by atoms with Crippen LogP contribution in [0.4, 0.5) is 0 Å². The monoisotopic (exact) mass is 472 g/mol. The molecule has 7 nitrogen and oxygen atoms in total. The summed E-state index contributed by atoms with van der Waals surface area (Å²) in [6.07, 6.45) is 8.13. The molecule has 34 heavy (non-hydrogen) atoms. The molecular weight excluding hydrogens is 444 g/mol. The van der Waals surface area contributed by atoms with Crippen molar-refractivity contribution in [1.29, 1.82) is 0 Å². The van der Waals surface area contributed by atoms with Crippen LogP contribution in [0, 0.1) is 0 Å². The van der Waals surface area contributed by atoms with E-state index < -0.39 is 0 Å². The van der Waals surface area contributed by atoms with Crippen molar-refractivity contribution in [3.63, 3.8) is 0 Å². The lowest BCUT2D eigenvalue weighted by Crippen LogP contribution is -2.43. The van der Waals surface area contributed by atoms with Crippen LogP contribution in [0.3, 0.4) is 0 Å². The van der Waals surface area contributed by atoms with Crippen LogP contribution in [0.25, 0.3) is 10.9 Å². The number of fused-ring (bicyclic) bond motifs is 4. The van der Waals surface area contributed by atoms with Gasteiger partial charge in [0.1, 0.15) is 5.69 Å². The number of rotatable bonds is 4. The Kier molecular flexibility index (Phi) is 5.15. The molecule has 1 aliphatic carbocycles. The Hall–Kier alpha value is -3.23. The first-order valence-corrected chi connectivity index (χ1v) is 12.6. The number of H-pyrrole nitrogens is 1. The van der Waals surface area contributed by atoms with Gasteiger partial charge in [-0.15, -0.1) is 11.3 Å². The van der Waals surface area contributed by atoms with E-state index >= 15 is 0 Å². The van der Waals surface area contributed by atoms with Gasteiger partial charge < -0.3 is 20.1 Å². The minimum absolute atomic E-state index is 0.0121. The van der Waals surface area contributed by atoms with Gasteiger partial charge in [-0.1, -0.05) is 24.3 Å². The second kappa shape index (κ2) is 8.21. The van der Waals surface area contributed by atoms with Crippen molar-refractivity contribution >= 4 is 34.4 Å². The molecule has 0 spiro atoms. The fourth-order valence-corrected chi connectivity index (χ4v) is 5.82. The molecule has 1 amide bonds. The van der Waals surface area contributed by atoms with Crippen molar-refractivity contribution in [3.8, 4) is 0 Å². The Morgan fingerprint density at radius 2 is 2.21 bits per heavy atom. The van der Waals surface area contributed by atoms with Gasteiger partial charge in [0.25, 0.3) is 5.91 Å². The summed E-state index contributed by atoms with van der Waals surface area (Å²) in [5, 5.41) is 4.95. The molecule has 0 bridgehead atoms. The number of nitrogens with one attached hydrogen (secondary N) is 2. The average molecular weight is 473 g/mol. The number of carbonyl (C=O) groups excluding carboxylic acids is 1. The minimum atomic E-state index is -0.200. The molecule has 4 heterocycles. The number of hydrogen-bond donors (Lipinski definition) is 2. The molecule has 1 unspecified atom stereocenters. The third-order valence-electron chi connectivity index (χ3n) is 7.10. The number of thiazole rings is 1. The first-order chi connectivity index (χ1) is 16.5. The van der Waals surface area contributed by atoms with E-state index in [9.17, 15) is 4.79 Å². The molecule has 2 N–H and O–H groups in total. The van der Waals surface area contributed by atoms with Crippen LogP contribution < -0.4 is 5.32 Å². The Labute approximate surface area is 202 Å². The van der Waals surface area contributed by atoms with Gasteiger partial charge in [-0.3, -0.25) is 9.79 Å². The molecule has 0 saturated carbocycles. The number of benzene rings is 1. The maximum atomic E-state index is 13.5. The first kappa shape index (κ1) is 21.3. The lowest BCUT2D eigenvalue weighted by Gasteiger charge is -2.35. The van der Waals surface area contributed by atoms with E-state index in [-0.39, 0.29) is 11.4 Å². The molecule has 0 fully saturated rings. The SMILES string of the molecule is CN1CC=NC2=CCC(C)(NCc3scnc3C(=O)N3CCc4c([nH]c5ccccc45)C3)C=C21. The van der Waals surface area contributed by atoms with Crippen LogP contribution in [0.1, 0.15) is 40.0 Å². The van der Waals surface area contributed by atoms with E-state index in [2.05, 4.69) is 69.5 Å². The van der Waals surface area contributed by atoms with Gasteiger partial charge in [-0.25, -0.2) is 4.98 Å². The fourth-order valence-electron chi connectivity index (χ4n) is 5.12. The lowest BCUT2D eigenvalue weighted by molar-refractivity contribution is 0.0726. The normalized spacial score (nSPS) is 21.8. The molecule has 8 heteroatoms. The third kappa shape index (κ3) is 3.67. The highest BCUT2D eigenvalue weighted by molar-refractivity contribution is 7.09. The third-order valence-corrected chi connectivity index (χ3v) is 7.93. The first-order valence-electron chi connectivity index (χ1n) is 11.7. The summed E-state index contributed by atoms with van der Waals surface area (Å²) < 4.78 is 0. The van der Waals surface area contributed by atoms with Gasteiger partial charge in [0, 0.05) is 48.5 Å².